The molecule has 1 aromatic heterocycles. The number of hydrogen-bond donors (Lipinski definition) is 1. The first-order valence-electron chi connectivity index (χ1n) is 9.72. The van der Waals surface area contributed by atoms with Crippen LogP contribution >= 0.6 is 0 Å². The van der Waals surface area contributed by atoms with Gasteiger partial charge in [-0.3, -0.25) is 9.89 Å². The molecule has 4 rings (SSSR count). The standard InChI is InChI=1S/C22H27N3O/c1-15(2)19-14-20(24-23-19)22(26)25-13-12-17(16-8-4-3-5-9-16)18-10-6-7-11-21(18)25/h3-5,8-9,14,17-18,21H,1,6-7,10-13H2,2H3,(H,23,24)/t17-,18-,21-/m1/s1. The highest BCUT2D eigenvalue weighted by Crippen LogP contribution is 2.44. The van der Waals surface area contributed by atoms with E-state index in [9.17, 15) is 4.79 Å². The van der Waals surface area contributed by atoms with Gasteiger partial charge < -0.3 is 4.90 Å². The van der Waals surface area contributed by atoms with E-state index in [1.165, 1.54) is 24.8 Å². The van der Waals surface area contributed by atoms with Gasteiger partial charge in [0.2, 0.25) is 0 Å². The first-order valence-corrected chi connectivity index (χ1v) is 9.72. The Labute approximate surface area is 155 Å². The lowest BCUT2D eigenvalue weighted by atomic mass is 9.69. The molecule has 1 saturated heterocycles. The number of rotatable bonds is 3. The number of carbonyl (C=O) groups is 1. The smallest absolute Gasteiger partial charge is 0.274 e. The molecule has 0 bridgehead atoms. The predicted octanol–water partition coefficient (Wildman–Crippen LogP) is 4.63. The van der Waals surface area contributed by atoms with Gasteiger partial charge in [-0.1, -0.05) is 49.8 Å². The summed E-state index contributed by atoms with van der Waals surface area (Å²) >= 11 is 0. The van der Waals surface area contributed by atoms with Gasteiger partial charge in [0.15, 0.2) is 5.69 Å². The topological polar surface area (TPSA) is 49.0 Å². The van der Waals surface area contributed by atoms with Crippen LogP contribution in [0.1, 0.15) is 66.7 Å². The van der Waals surface area contributed by atoms with Crippen molar-refractivity contribution >= 4 is 11.5 Å². The number of benzene rings is 1. The van der Waals surface area contributed by atoms with E-state index in [0.29, 0.717) is 23.6 Å². The van der Waals surface area contributed by atoms with Crippen LogP contribution in [0.4, 0.5) is 0 Å². The molecular formula is C22H27N3O. The Morgan fingerprint density at radius 1 is 1.19 bits per heavy atom. The van der Waals surface area contributed by atoms with E-state index in [2.05, 4.69) is 52.0 Å². The fourth-order valence-corrected chi connectivity index (χ4v) is 4.82. The van der Waals surface area contributed by atoms with Crippen molar-refractivity contribution in [2.75, 3.05) is 6.54 Å². The second-order valence-electron chi connectivity index (χ2n) is 7.77. The lowest BCUT2D eigenvalue weighted by molar-refractivity contribution is 0.0314. The number of fused-ring (bicyclic) bond motifs is 1. The maximum atomic E-state index is 13.1. The molecule has 26 heavy (non-hydrogen) atoms. The highest BCUT2D eigenvalue weighted by atomic mass is 16.2. The van der Waals surface area contributed by atoms with Crippen LogP contribution in [-0.2, 0) is 0 Å². The summed E-state index contributed by atoms with van der Waals surface area (Å²) in [6.07, 6.45) is 5.84. The van der Waals surface area contributed by atoms with Gasteiger partial charge in [-0.25, -0.2) is 0 Å². The Balaban J connectivity index is 1.58. The van der Waals surface area contributed by atoms with Crippen LogP contribution in [0.3, 0.4) is 0 Å². The van der Waals surface area contributed by atoms with E-state index in [4.69, 9.17) is 0 Å². The molecule has 2 aromatic rings. The average Bonchev–Trinajstić information content (AvgIpc) is 3.18. The molecule has 0 spiro atoms. The molecule has 2 fully saturated rings. The molecular weight excluding hydrogens is 322 g/mol. The summed E-state index contributed by atoms with van der Waals surface area (Å²) < 4.78 is 0. The zero-order chi connectivity index (χ0) is 18.1. The highest BCUT2D eigenvalue weighted by Gasteiger charge is 2.42. The van der Waals surface area contributed by atoms with Gasteiger partial charge in [0.25, 0.3) is 5.91 Å². The average molecular weight is 349 g/mol. The largest absolute Gasteiger partial charge is 0.334 e. The van der Waals surface area contributed by atoms with Crippen molar-refractivity contribution in [1.82, 2.24) is 15.1 Å². The van der Waals surface area contributed by atoms with E-state index < -0.39 is 0 Å². The number of allylic oxidation sites excluding steroid dienone is 1. The Morgan fingerprint density at radius 3 is 2.69 bits per heavy atom. The number of carbonyl (C=O) groups excluding carboxylic acids is 1. The van der Waals surface area contributed by atoms with E-state index in [-0.39, 0.29) is 5.91 Å². The molecule has 136 valence electrons. The van der Waals surface area contributed by atoms with Crippen molar-refractivity contribution in [3.05, 3.63) is 59.9 Å². The van der Waals surface area contributed by atoms with Crippen molar-refractivity contribution in [1.29, 1.82) is 0 Å². The van der Waals surface area contributed by atoms with E-state index >= 15 is 0 Å². The molecule has 1 N–H and O–H groups in total. The quantitative estimate of drug-likeness (QED) is 0.878. The predicted molar refractivity (Wildman–Crippen MR) is 104 cm³/mol. The zero-order valence-electron chi connectivity index (χ0n) is 15.4. The van der Waals surface area contributed by atoms with E-state index in [0.717, 1.165) is 30.7 Å². The molecule has 1 aliphatic carbocycles. The van der Waals surface area contributed by atoms with Gasteiger partial charge in [0.05, 0.1) is 5.69 Å². The van der Waals surface area contributed by atoms with Gasteiger partial charge >= 0.3 is 0 Å². The van der Waals surface area contributed by atoms with Crippen LogP contribution in [0, 0.1) is 5.92 Å². The lowest BCUT2D eigenvalue weighted by Crippen LogP contribution is -2.52. The molecule has 2 heterocycles. The third kappa shape index (κ3) is 3.09. The normalized spacial score (nSPS) is 25.6. The number of nitrogens with zero attached hydrogens (tertiary/aromatic N) is 2. The maximum Gasteiger partial charge on any atom is 0.274 e. The fraction of sp³-hybridized carbons (Fsp3) is 0.455. The van der Waals surface area contributed by atoms with Crippen LogP contribution in [0.15, 0.2) is 43.0 Å². The molecule has 1 saturated carbocycles. The lowest BCUT2D eigenvalue weighted by Gasteiger charge is -2.48. The molecule has 1 aliphatic heterocycles. The third-order valence-electron chi connectivity index (χ3n) is 6.13. The number of aromatic nitrogens is 2. The molecule has 4 nitrogen and oxygen atoms in total. The van der Waals surface area contributed by atoms with Gasteiger partial charge in [-0.15, -0.1) is 0 Å². The zero-order valence-corrected chi connectivity index (χ0v) is 15.4. The summed E-state index contributed by atoms with van der Waals surface area (Å²) in [4.78, 5) is 15.2. The Morgan fingerprint density at radius 2 is 1.96 bits per heavy atom. The Hall–Kier alpha value is -2.36. The van der Waals surface area contributed by atoms with Crippen molar-refractivity contribution < 1.29 is 4.79 Å². The summed E-state index contributed by atoms with van der Waals surface area (Å²) in [5.41, 5.74) is 3.69. The first kappa shape index (κ1) is 17.1. The van der Waals surface area contributed by atoms with Crippen LogP contribution < -0.4 is 0 Å². The van der Waals surface area contributed by atoms with Gasteiger partial charge in [0.1, 0.15) is 0 Å². The summed E-state index contributed by atoms with van der Waals surface area (Å²) in [6.45, 7) is 6.66. The number of hydrogen-bond acceptors (Lipinski definition) is 2. The summed E-state index contributed by atoms with van der Waals surface area (Å²) in [7, 11) is 0. The van der Waals surface area contributed by atoms with Crippen LogP contribution in [0.25, 0.3) is 5.57 Å². The molecule has 0 unspecified atom stereocenters. The van der Waals surface area contributed by atoms with Crippen molar-refractivity contribution in [2.45, 2.75) is 51.0 Å². The minimum atomic E-state index is 0.0668. The summed E-state index contributed by atoms with van der Waals surface area (Å²) in [5.74, 6) is 1.19. The maximum absolute atomic E-state index is 13.1. The number of amides is 1. The van der Waals surface area contributed by atoms with Crippen molar-refractivity contribution in [2.24, 2.45) is 5.92 Å². The van der Waals surface area contributed by atoms with Crippen molar-refractivity contribution in [3.8, 4) is 0 Å². The number of aromatic amines is 1. The molecule has 0 radical (unpaired) electrons. The SMILES string of the molecule is C=C(C)c1cc(C(=O)N2CC[C@H](c3ccccc3)[C@H]3CCCC[C@H]32)n[nH]1. The number of likely N-dealkylation sites (tertiary alicyclic amines) is 1. The fourth-order valence-electron chi connectivity index (χ4n) is 4.82. The molecule has 1 aromatic carbocycles. The van der Waals surface area contributed by atoms with E-state index in [1.54, 1.807) is 0 Å². The molecule has 3 atom stereocenters. The van der Waals surface area contributed by atoms with Crippen molar-refractivity contribution in [3.63, 3.8) is 0 Å². The summed E-state index contributed by atoms with van der Waals surface area (Å²) in [6, 6.07) is 13.0. The van der Waals surface area contributed by atoms with Crippen LogP contribution in [0.2, 0.25) is 0 Å². The number of H-pyrrole nitrogens is 1. The number of piperidine rings is 1. The highest BCUT2D eigenvalue weighted by molar-refractivity contribution is 5.93. The monoisotopic (exact) mass is 349 g/mol. The van der Waals surface area contributed by atoms with Gasteiger partial charge in [0, 0.05) is 12.6 Å². The minimum Gasteiger partial charge on any atom is -0.334 e. The Kier molecular flexibility index (Phi) is 4.66. The van der Waals surface area contributed by atoms with E-state index in [1.807, 2.05) is 13.0 Å². The van der Waals surface area contributed by atoms with Gasteiger partial charge in [-0.2, -0.15) is 5.10 Å². The second-order valence-corrected chi connectivity index (χ2v) is 7.77. The third-order valence-corrected chi connectivity index (χ3v) is 6.13. The Bertz CT molecular complexity index is 795. The van der Waals surface area contributed by atoms with Crippen LogP contribution in [0.5, 0.6) is 0 Å². The molecule has 1 amide bonds. The second kappa shape index (κ2) is 7.10. The van der Waals surface area contributed by atoms with Crippen LogP contribution in [-0.4, -0.2) is 33.6 Å². The van der Waals surface area contributed by atoms with Gasteiger partial charge in [-0.05, 0) is 55.2 Å². The minimum absolute atomic E-state index is 0.0668. The number of nitrogens with one attached hydrogen (secondary N) is 1. The summed E-state index contributed by atoms with van der Waals surface area (Å²) in [5, 5.41) is 7.19. The molecule has 2 aliphatic rings. The first-order chi connectivity index (χ1) is 12.6. The molecule has 4 heteroatoms.